The molecule has 1 aliphatic heterocycles. The topological polar surface area (TPSA) is 220 Å². The van der Waals surface area contributed by atoms with E-state index in [2.05, 4.69) is 5.18 Å². The fourth-order valence-corrected chi connectivity index (χ4v) is 3.62. The van der Waals surface area contributed by atoms with E-state index in [1.807, 2.05) is 0 Å². The van der Waals surface area contributed by atoms with Crippen molar-refractivity contribution in [2.45, 2.75) is 30.6 Å². The number of nitrogens with zero attached hydrogens (tertiary/aromatic N) is 1. The second-order valence-corrected chi connectivity index (χ2v) is 7.55. The average molecular weight is 477 g/mol. The van der Waals surface area contributed by atoms with Crippen LogP contribution in [0.5, 0.6) is 28.7 Å². The minimum Gasteiger partial charge on any atom is -0.508 e. The highest BCUT2D eigenvalue weighted by atomic mass is 16.7. The van der Waals surface area contributed by atoms with Gasteiger partial charge in [0.25, 0.3) is 0 Å². The van der Waals surface area contributed by atoms with Gasteiger partial charge in [-0.25, -0.2) is 0 Å². The molecule has 34 heavy (non-hydrogen) atoms. The number of rotatable bonds is 5. The van der Waals surface area contributed by atoms with E-state index in [1.54, 1.807) is 0 Å². The van der Waals surface area contributed by atoms with Crippen molar-refractivity contribution in [2.75, 3.05) is 6.61 Å². The predicted octanol–water partition coefficient (Wildman–Crippen LogP) is 0.235. The van der Waals surface area contributed by atoms with Gasteiger partial charge in [-0.15, -0.1) is 0 Å². The van der Waals surface area contributed by atoms with Crippen LogP contribution in [-0.2, 0) is 4.74 Å². The molecule has 3 aromatic rings. The standard InChI is InChI=1S/C21H19NO12/c23-6-13-16(28)18(30)15(22-31)21(33-13)34-20-17(29)14-11(27)4-8(24)5-12(14)32-19(20)7-1-2-9(25)10(26)3-7/h1-5,13,15-16,18,21,23-28,30H,6H2/t13?,15?,16-,18?,21-/m0/s1. The van der Waals surface area contributed by atoms with E-state index in [0.29, 0.717) is 0 Å². The fraction of sp³-hybridized carbons (Fsp3) is 0.286. The van der Waals surface area contributed by atoms with Gasteiger partial charge < -0.3 is 49.6 Å². The Labute approximate surface area is 189 Å². The summed E-state index contributed by atoms with van der Waals surface area (Å²) in [7, 11) is 0. The monoisotopic (exact) mass is 477 g/mol. The van der Waals surface area contributed by atoms with Gasteiger partial charge in [0.05, 0.1) is 6.61 Å². The van der Waals surface area contributed by atoms with E-state index in [1.165, 1.54) is 6.07 Å². The molecule has 4 rings (SSSR count). The molecular weight excluding hydrogens is 458 g/mol. The van der Waals surface area contributed by atoms with E-state index in [-0.39, 0.29) is 16.9 Å². The predicted molar refractivity (Wildman–Crippen MR) is 113 cm³/mol. The number of nitroso groups, excluding NO2 is 1. The molecule has 2 aromatic carbocycles. The molecule has 1 aliphatic rings. The van der Waals surface area contributed by atoms with Gasteiger partial charge in [0, 0.05) is 17.7 Å². The molecule has 0 spiro atoms. The fourth-order valence-electron chi connectivity index (χ4n) is 3.62. The Kier molecular flexibility index (Phi) is 6.01. The molecule has 1 fully saturated rings. The quantitative estimate of drug-likeness (QED) is 0.194. The summed E-state index contributed by atoms with van der Waals surface area (Å²) in [5, 5.41) is 71.4. The summed E-state index contributed by atoms with van der Waals surface area (Å²) in [4.78, 5) is 24.7. The van der Waals surface area contributed by atoms with E-state index in [4.69, 9.17) is 13.9 Å². The molecule has 180 valence electrons. The number of hydrogen-bond acceptors (Lipinski definition) is 13. The molecule has 7 N–H and O–H groups in total. The molecule has 0 aliphatic carbocycles. The van der Waals surface area contributed by atoms with Gasteiger partial charge in [-0.1, -0.05) is 5.18 Å². The summed E-state index contributed by atoms with van der Waals surface area (Å²) in [6.45, 7) is -0.769. The first kappa shape index (κ1) is 23.3. The van der Waals surface area contributed by atoms with Crippen LogP contribution in [0.15, 0.2) is 44.7 Å². The van der Waals surface area contributed by atoms with Gasteiger partial charge in [0.15, 0.2) is 23.3 Å². The molecule has 1 aromatic heterocycles. The van der Waals surface area contributed by atoms with Crippen molar-refractivity contribution < 1.29 is 49.6 Å². The molecule has 13 heteroatoms. The van der Waals surface area contributed by atoms with Gasteiger partial charge >= 0.3 is 0 Å². The van der Waals surface area contributed by atoms with Crippen molar-refractivity contribution >= 4 is 11.0 Å². The van der Waals surface area contributed by atoms with Crippen LogP contribution < -0.4 is 10.2 Å². The van der Waals surface area contributed by atoms with Crippen molar-refractivity contribution in [1.82, 2.24) is 0 Å². The molecule has 0 bridgehead atoms. The van der Waals surface area contributed by atoms with Crippen LogP contribution in [-0.4, -0.2) is 73.0 Å². The maximum absolute atomic E-state index is 13.3. The van der Waals surface area contributed by atoms with Gasteiger partial charge in [-0.05, 0) is 18.2 Å². The van der Waals surface area contributed by atoms with Crippen molar-refractivity contribution in [3.63, 3.8) is 0 Å². The van der Waals surface area contributed by atoms with Crippen LogP contribution >= 0.6 is 0 Å². The summed E-state index contributed by atoms with van der Waals surface area (Å²) < 4.78 is 16.6. The number of aromatic hydroxyl groups is 4. The minimum atomic E-state index is -1.81. The number of phenolic OH excluding ortho intramolecular Hbond substituents is 4. The maximum atomic E-state index is 13.3. The smallest absolute Gasteiger partial charge is 0.239 e. The van der Waals surface area contributed by atoms with E-state index in [9.17, 15) is 45.4 Å². The van der Waals surface area contributed by atoms with Crippen LogP contribution in [0, 0.1) is 4.91 Å². The summed E-state index contributed by atoms with van der Waals surface area (Å²) in [6.07, 6.45) is -6.66. The zero-order valence-electron chi connectivity index (χ0n) is 17.1. The van der Waals surface area contributed by atoms with Gasteiger partial charge in [0.2, 0.25) is 17.5 Å². The van der Waals surface area contributed by atoms with Crippen LogP contribution in [0.25, 0.3) is 22.3 Å². The number of ether oxygens (including phenoxy) is 2. The molecule has 3 unspecified atom stereocenters. The van der Waals surface area contributed by atoms with Crippen LogP contribution in [0.1, 0.15) is 0 Å². The number of aliphatic hydroxyl groups excluding tert-OH is 3. The summed E-state index contributed by atoms with van der Waals surface area (Å²) in [5.74, 6) is -3.17. The zero-order valence-corrected chi connectivity index (χ0v) is 17.1. The summed E-state index contributed by atoms with van der Waals surface area (Å²) >= 11 is 0. The van der Waals surface area contributed by atoms with Crippen LogP contribution in [0.3, 0.4) is 0 Å². The van der Waals surface area contributed by atoms with Crippen molar-refractivity contribution in [3.05, 3.63) is 45.5 Å². The molecule has 13 nitrogen and oxygen atoms in total. The maximum Gasteiger partial charge on any atom is 0.239 e. The largest absolute Gasteiger partial charge is 0.508 e. The number of phenols is 4. The zero-order chi connectivity index (χ0) is 24.7. The van der Waals surface area contributed by atoms with E-state index >= 15 is 0 Å². The van der Waals surface area contributed by atoms with E-state index < -0.39 is 76.8 Å². The molecular formula is C21H19NO12. The summed E-state index contributed by atoms with van der Waals surface area (Å²) in [6, 6.07) is 3.56. The van der Waals surface area contributed by atoms with Gasteiger partial charge in [-0.2, -0.15) is 4.91 Å². The van der Waals surface area contributed by atoms with E-state index in [0.717, 1.165) is 24.3 Å². The lowest BCUT2D eigenvalue weighted by atomic mass is 9.97. The van der Waals surface area contributed by atoms with Crippen molar-refractivity contribution in [1.29, 1.82) is 0 Å². The molecule has 2 heterocycles. The number of fused-ring (bicyclic) bond motifs is 1. The molecule has 0 radical (unpaired) electrons. The van der Waals surface area contributed by atoms with Gasteiger partial charge in [0.1, 0.15) is 40.8 Å². The minimum absolute atomic E-state index is 0.00199. The molecule has 1 saturated heterocycles. The lowest BCUT2D eigenvalue weighted by molar-refractivity contribution is -0.239. The third kappa shape index (κ3) is 3.86. The number of benzene rings is 2. The Morgan fingerprint density at radius 1 is 0.971 bits per heavy atom. The first-order valence-corrected chi connectivity index (χ1v) is 9.83. The Bertz CT molecular complexity index is 1310. The van der Waals surface area contributed by atoms with Crippen molar-refractivity contribution in [3.8, 4) is 40.1 Å². The first-order chi connectivity index (χ1) is 16.2. The Balaban J connectivity index is 1.93. The first-order valence-electron chi connectivity index (χ1n) is 9.83. The van der Waals surface area contributed by atoms with Crippen molar-refractivity contribution in [2.24, 2.45) is 5.18 Å². The lowest BCUT2D eigenvalue weighted by Crippen LogP contribution is -2.59. The van der Waals surface area contributed by atoms with Crippen LogP contribution in [0.2, 0.25) is 0 Å². The molecule has 0 saturated carbocycles. The third-order valence-corrected chi connectivity index (χ3v) is 5.36. The normalized spacial score (nSPS) is 24.7. The Hall–Kier alpha value is -3.91. The second kappa shape index (κ2) is 8.79. The number of hydrogen-bond donors (Lipinski definition) is 7. The Morgan fingerprint density at radius 2 is 1.71 bits per heavy atom. The summed E-state index contributed by atoms with van der Waals surface area (Å²) in [5.41, 5.74) is -1.26. The lowest BCUT2D eigenvalue weighted by Gasteiger charge is -2.38. The highest BCUT2D eigenvalue weighted by Crippen LogP contribution is 2.39. The molecule has 0 amide bonds. The highest BCUT2D eigenvalue weighted by molar-refractivity contribution is 5.88. The Morgan fingerprint density at radius 3 is 2.35 bits per heavy atom. The highest BCUT2D eigenvalue weighted by Gasteiger charge is 2.47. The number of aliphatic hydroxyl groups is 3. The van der Waals surface area contributed by atoms with Crippen LogP contribution in [0.4, 0.5) is 0 Å². The molecule has 5 atom stereocenters. The SMILES string of the molecule is O=NC1C(O)[C@@H](O)C(CO)O[C@H]1Oc1c(-c2ccc(O)c(O)c2)oc2cc(O)cc(O)c2c1=O. The third-order valence-electron chi connectivity index (χ3n) is 5.36. The van der Waals surface area contributed by atoms with Gasteiger partial charge in [-0.3, -0.25) is 4.79 Å². The second-order valence-electron chi connectivity index (χ2n) is 7.55. The average Bonchev–Trinajstić information content (AvgIpc) is 2.79.